The fraction of sp³-hybridized carbons (Fsp3) is 0.462. The van der Waals surface area contributed by atoms with Gasteiger partial charge in [-0.05, 0) is 12.1 Å². The third kappa shape index (κ3) is 3.70. The SMILES string of the molecule is COc1cc(Cl)ccc1S(=O)(=O)N1CCN(CC(=O)O)CC1. The lowest BCUT2D eigenvalue weighted by Gasteiger charge is -2.33. The van der Waals surface area contributed by atoms with Crippen LogP contribution < -0.4 is 4.74 Å². The standard InChI is InChI=1S/C13H17ClN2O5S/c1-21-11-8-10(14)2-3-12(11)22(19,20)16-6-4-15(5-7-16)9-13(17)18/h2-3,8H,4-7,9H2,1H3,(H,17,18). The van der Waals surface area contributed by atoms with E-state index in [2.05, 4.69) is 0 Å². The van der Waals surface area contributed by atoms with Crippen LogP contribution in [-0.4, -0.2) is 68.5 Å². The molecule has 7 nitrogen and oxygen atoms in total. The molecule has 1 N–H and O–H groups in total. The number of methoxy groups -OCH3 is 1. The Balaban J connectivity index is 2.17. The number of aliphatic carboxylic acids is 1. The summed E-state index contributed by atoms with van der Waals surface area (Å²) in [7, 11) is -2.31. The third-order valence-electron chi connectivity index (χ3n) is 3.43. The molecule has 0 saturated carbocycles. The van der Waals surface area contributed by atoms with Crippen molar-refractivity contribution >= 4 is 27.6 Å². The van der Waals surface area contributed by atoms with E-state index in [4.69, 9.17) is 21.4 Å². The third-order valence-corrected chi connectivity index (χ3v) is 5.61. The zero-order valence-electron chi connectivity index (χ0n) is 12.0. The van der Waals surface area contributed by atoms with Crippen LogP contribution in [-0.2, 0) is 14.8 Å². The van der Waals surface area contributed by atoms with E-state index in [9.17, 15) is 13.2 Å². The van der Waals surface area contributed by atoms with Crippen LogP contribution >= 0.6 is 11.6 Å². The average molecular weight is 349 g/mol. The van der Waals surface area contributed by atoms with E-state index in [0.717, 1.165) is 0 Å². The predicted molar refractivity (Wildman–Crippen MR) is 80.8 cm³/mol. The predicted octanol–water partition coefficient (Wildman–Crippen LogP) is 0.740. The van der Waals surface area contributed by atoms with Crippen LogP contribution in [0.25, 0.3) is 0 Å². The second-order valence-corrected chi connectivity index (χ2v) is 7.21. The van der Waals surface area contributed by atoms with Crippen LogP contribution in [0.3, 0.4) is 0 Å². The van der Waals surface area contributed by atoms with Crippen molar-refractivity contribution in [3.05, 3.63) is 23.2 Å². The van der Waals surface area contributed by atoms with E-state index < -0.39 is 16.0 Å². The summed E-state index contributed by atoms with van der Waals surface area (Å²) in [5, 5.41) is 9.15. The number of ether oxygens (including phenoxy) is 1. The number of carbonyl (C=O) groups is 1. The first-order valence-corrected chi connectivity index (χ1v) is 8.44. The van der Waals surface area contributed by atoms with Gasteiger partial charge in [0.05, 0.1) is 13.7 Å². The second kappa shape index (κ2) is 6.82. The minimum atomic E-state index is -3.70. The Labute approximate surface area is 134 Å². The monoisotopic (exact) mass is 348 g/mol. The summed E-state index contributed by atoms with van der Waals surface area (Å²) in [6.45, 7) is 1.14. The molecule has 1 aromatic rings. The summed E-state index contributed by atoms with van der Waals surface area (Å²) in [4.78, 5) is 12.4. The van der Waals surface area contributed by atoms with Gasteiger partial charge in [0.2, 0.25) is 10.0 Å². The largest absolute Gasteiger partial charge is 0.495 e. The maximum atomic E-state index is 12.7. The van der Waals surface area contributed by atoms with Crippen LogP contribution in [0.4, 0.5) is 0 Å². The Kier molecular flexibility index (Phi) is 5.28. The van der Waals surface area contributed by atoms with Crippen LogP contribution in [0, 0.1) is 0 Å². The summed E-state index contributed by atoms with van der Waals surface area (Å²) < 4.78 is 31.8. The topological polar surface area (TPSA) is 87.2 Å². The molecular weight excluding hydrogens is 332 g/mol. The highest BCUT2D eigenvalue weighted by Crippen LogP contribution is 2.30. The lowest BCUT2D eigenvalue weighted by atomic mass is 10.3. The molecule has 2 rings (SSSR count). The van der Waals surface area contributed by atoms with Gasteiger partial charge in [-0.25, -0.2) is 8.42 Å². The molecular formula is C13H17ClN2O5S. The number of nitrogens with zero attached hydrogens (tertiary/aromatic N) is 2. The van der Waals surface area contributed by atoms with E-state index in [1.807, 2.05) is 0 Å². The number of carboxylic acids is 1. The molecule has 22 heavy (non-hydrogen) atoms. The molecule has 0 aromatic heterocycles. The Hall–Kier alpha value is -1.35. The Bertz CT molecular complexity index is 656. The summed E-state index contributed by atoms with van der Waals surface area (Å²) >= 11 is 5.85. The second-order valence-electron chi connectivity index (χ2n) is 4.87. The molecule has 1 aliphatic rings. The van der Waals surface area contributed by atoms with Crippen molar-refractivity contribution in [2.24, 2.45) is 0 Å². The van der Waals surface area contributed by atoms with Crippen molar-refractivity contribution in [3.63, 3.8) is 0 Å². The molecule has 1 aliphatic heterocycles. The molecule has 122 valence electrons. The zero-order chi connectivity index (χ0) is 16.3. The van der Waals surface area contributed by atoms with Crippen LogP contribution in [0.15, 0.2) is 23.1 Å². The number of halogens is 1. The minimum Gasteiger partial charge on any atom is -0.495 e. The van der Waals surface area contributed by atoms with E-state index in [1.54, 1.807) is 4.90 Å². The highest BCUT2D eigenvalue weighted by Gasteiger charge is 2.31. The van der Waals surface area contributed by atoms with Gasteiger partial charge in [0.15, 0.2) is 0 Å². The van der Waals surface area contributed by atoms with Crippen LogP contribution in [0.1, 0.15) is 0 Å². The molecule has 0 bridgehead atoms. The van der Waals surface area contributed by atoms with Crippen LogP contribution in [0.2, 0.25) is 5.02 Å². The fourth-order valence-electron chi connectivity index (χ4n) is 2.31. The molecule has 0 amide bonds. The van der Waals surface area contributed by atoms with Gasteiger partial charge in [0.1, 0.15) is 10.6 Å². The summed E-state index contributed by atoms with van der Waals surface area (Å²) in [5.41, 5.74) is 0. The average Bonchev–Trinajstić information content (AvgIpc) is 2.46. The van der Waals surface area contributed by atoms with Crippen molar-refractivity contribution < 1.29 is 23.1 Å². The molecule has 1 heterocycles. The Morgan fingerprint density at radius 3 is 2.50 bits per heavy atom. The Morgan fingerprint density at radius 1 is 1.32 bits per heavy atom. The van der Waals surface area contributed by atoms with E-state index >= 15 is 0 Å². The smallest absolute Gasteiger partial charge is 0.317 e. The van der Waals surface area contributed by atoms with Gasteiger partial charge >= 0.3 is 5.97 Å². The van der Waals surface area contributed by atoms with E-state index in [-0.39, 0.29) is 30.3 Å². The number of benzene rings is 1. The van der Waals surface area contributed by atoms with Crippen molar-refractivity contribution in [1.29, 1.82) is 0 Å². The Morgan fingerprint density at radius 2 is 1.95 bits per heavy atom. The molecule has 9 heteroatoms. The van der Waals surface area contributed by atoms with E-state index in [0.29, 0.717) is 18.1 Å². The summed E-state index contributed by atoms with van der Waals surface area (Å²) in [6.07, 6.45) is 0. The molecule has 1 fully saturated rings. The summed E-state index contributed by atoms with van der Waals surface area (Å²) in [6, 6.07) is 4.37. The molecule has 1 aromatic carbocycles. The number of carboxylic acid groups (broad SMARTS) is 1. The molecule has 0 atom stereocenters. The van der Waals surface area contributed by atoms with Gasteiger partial charge in [-0.3, -0.25) is 9.69 Å². The van der Waals surface area contributed by atoms with E-state index in [1.165, 1.54) is 29.6 Å². The quantitative estimate of drug-likeness (QED) is 0.844. The highest BCUT2D eigenvalue weighted by molar-refractivity contribution is 7.89. The first-order chi connectivity index (χ1) is 10.3. The van der Waals surface area contributed by atoms with Gasteiger partial charge in [0.25, 0.3) is 0 Å². The van der Waals surface area contributed by atoms with Gasteiger partial charge in [-0.1, -0.05) is 11.6 Å². The fourth-order valence-corrected chi connectivity index (χ4v) is 4.03. The molecule has 0 unspecified atom stereocenters. The molecule has 1 saturated heterocycles. The minimum absolute atomic E-state index is 0.0612. The van der Waals surface area contributed by atoms with Crippen molar-refractivity contribution in [3.8, 4) is 5.75 Å². The van der Waals surface area contributed by atoms with Crippen molar-refractivity contribution in [1.82, 2.24) is 9.21 Å². The molecule has 0 spiro atoms. The van der Waals surface area contributed by atoms with Crippen molar-refractivity contribution in [2.45, 2.75) is 4.90 Å². The maximum Gasteiger partial charge on any atom is 0.317 e. The number of hydrogen-bond acceptors (Lipinski definition) is 5. The normalized spacial score (nSPS) is 17.4. The van der Waals surface area contributed by atoms with Gasteiger partial charge in [-0.2, -0.15) is 4.31 Å². The maximum absolute atomic E-state index is 12.7. The summed E-state index contributed by atoms with van der Waals surface area (Å²) in [5.74, 6) is -0.726. The molecule has 0 radical (unpaired) electrons. The number of hydrogen-bond donors (Lipinski definition) is 1. The van der Waals surface area contributed by atoms with Gasteiger partial charge in [-0.15, -0.1) is 0 Å². The lowest BCUT2D eigenvalue weighted by Crippen LogP contribution is -2.49. The zero-order valence-corrected chi connectivity index (χ0v) is 13.6. The van der Waals surface area contributed by atoms with Gasteiger partial charge in [0, 0.05) is 37.3 Å². The first kappa shape index (κ1) is 17.0. The number of rotatable bonds is 5. The van der Waals surface area contributed by atoms with Crippen molar-refractivity contribution in [2.75, 3.05) is 39.8 Å². The van der Waals surface area contributed by atoms with Crippen LogP contribution in [0.5, 0.6) is 5.75 Å². The van der Waals surface area contributed by atoms with Gasteiger partial charge < -0.3 is 9.84 Å². The highest BCUT2D eigenvalue weighted by atomic mass is 35.5. The first-order valence-electron chi connectivity index (χ1n) is 6.62. The number of piperazine rings is 1. The lowest BCUT2D eigenvalue weighted by molar-refractivity contribution is -0.138. The molecule has 0 aliphatic carbocycles. The number of sulfonamides is 1.